The number of aromatic nitrogens is 2. The molecule has 1 heterocycles. The van der Waals surface area contributed by atoms with E-state index >= 15 is 0 Å². The predicted octanol–water partition coefficient (Wildman–Crippen LogP) is 2.18. The lowest BCUT2D eigenvalue weighted by atomic mass is 10.1. The van der Waals surface area contributed by atoms with Gasteiger partial charge in [0.2, 0.25) is 10.0 Å². The van der Waals surface area contributed by atoms with Gasteiger partial charge in [0, 0.05) is 11.1 Å². The van der Waals surface area contributed by atoms with Crippen molar-refractivity contribution < 1.29 is 17.7 Å². The Kier molecular flexibility index (Phi) is 5.06. The molecule has 0 aliphatic carbocycles. The van der Waals surface area contributed by atoms with Crippen LogP contribution in [0.15, 0.2) is 57.9 Å². The molecule has 0 radical (unpaired) electrons. The summed E-state index contributed by atoms with van der Waals surface area (Å²) in [6, 6.07) is 12.5. The standard InChI is InChI=1S/C18H18N4O4S/c1-11(13-7-9-16(10-8-13)27(19,24)25)20-17(23)14-3-5-15(6-4-14)18-21-12(2)22-26-18/h3-11H,1-2H3,(H,20,23)(H2,19,24,25). The van der Waals surface area contributed by atoms with Crippen LogP contribution in [0.2, 0.25) is 0 Å². The molecule has 9 heteroatoms. The maximum absolute atomic E-state index is 12.4. The number of hydrogen-bond acceptors (Lipinski definition) is 6. The third-order valence-corrected chi connectivity index (χ3v) is 4.91. The molecule has 3 aromatic rings. The molecular weight excluding hydrogens is 368 g/mol. The molecule has 0 aliphatic rings. The zero-order valence-electron chi connectivity index (χ0n) is 14.7. The number of carbonyl (C=O) groups excluding carboxylic acids is 1. The molecule has 2 aromatic carbocycles. The first kappa shape index (κ1) is 18.7. The number of amides is 1. The van der Waals surface area contributed by atoms with Crippen molar-refractivity contribution >= 4 is 15.9 Å². The maximum Gasteiger partial charge on any atom is 0.257 e. The highest BCUT2D eigenvalue weighted by atomic mass is 32.2. The zero-order valence-corrected chi connectivity index (χ0v) is 15.5. The summed E-state index contributed by atoms with van der Waals surface area (Å²) in [6.45, 7) is 3.53. The van der Waals surface area contributed by atoms with E-state index < -0.39 is 10.0 Å². The largest absolute Gasteiger partial charge is 0.346 e. The van der Waals surface area contributed by atoms with Crippen LogP contribution >= 0.6 is 0 Å². The molecule has 0 bridgehead atoms. The third-order valence-electron chi connectivity index (χ3n) is 3.98. The van der Waals surface area contributed by atoms with Gasteiger partial charge in [0.1, 0.15) is 0 Å². The van der Waals surface area contributed by atoms with Gasteiger partial charge in [-0.25, -0.2) is 13.6 Å². The Morgan fingerprint density at radius 2 is 1.74 bits per heavy atom. The van der Waals surface area contributed by atoms with Gasteiger partial charge < -0.3 is 9.84 Å². The van der Waals surface area contributed by atoms with Crippen molar-refractivity contribution in [2.45, 2.75) is 24.8 Å². The van der Waals surface area contributed by atoms with Crippen LogP contribution in [-0.2, 0) is 10.0 Å². The van der Waals surface area contributed by atoms with Crippen molar-refractivity contribution in [1.29, 1.82) is 0 Å². The molecule has 8 nitrogen and oxygen atoms in total. The highest BCUT2D eigenvalue weighted by Gasteiger charge is 2.14. The number of primary sulfonamides is 1. The fourth-order valence-electron chi connectivity index (χ4n) is 2.49. The van der Waals surface area contributed by atoms with Crippen LogP contribution in [0, 0.1) is 6.92 Å². The highest BCUT2D eigenvalue weighted by molar-refractivity contribution is 7.89. The number of rotatable bonds is 5. The van der Waals surface area contributed by atoms with Crippen molar-refractivity contribution in [3.05, 3.63) is 65.5 Å². The van der Waals surface area contributed by atoms with Gasteiger partial charge in [-0.1, -0.05) is 17.3 Å². The predicted molar refractivity (Wildman–Crippen MR) is 98.2 cm³/mol. The van der Waals surface area contributed by atoms with Gasteiger partial charge in [-0.3, -0.25) is 4.79 Å². The molecule has 0 fully saturated rings. The number of aryl methyl sites for hydroxylation is 1. The molecule has 0 saturated carbocycles. The van der Waals surface area contributed by atoms with Gasteiger partial charge in [-0.05, 0) is 55.8 Å². The molecule has 1 unspecified atom stereocenters. The molecule has 140 valence electrons. The number of nitrogens with zero attached hydrogens (tertiary/aromatic N) is 2. The lowest BCUT2D eigenvalue weighted by molar-refractivity contribution is 0.0940. The van der Waals surface area contributed by atoms with Crippen LogP contribution in [0.25, 0.3) is 11.5 Å². The molecule has 1 aromatic heterocycles. The van der Waals surface area contributed by atoms with Crippen molar-refractivity contribution in [3.8, 4) is 11.5 Å². The summed E-state index contributed by atoms with van der Waals surface area (Å²) >= 11 is 0. The van der Waals surface area contributed by atoms with Crippen molar-refractivity contribution in [2.75, 3.05) is 0 Å². The van der Waals surface area contributed by atoms with E-state index in [0.29, 0.717) is 17.3 Å². The Hall–Kier alpha value is -3.04. The maximum atomic E-state index is 12.4. The number of sulfonamides is 1. The van der Waals surface area contributed by atoms with Crippen LogP contribution < -0.4 is 10.5 Å². The minimum absolute atomic E-state index is 0.0247. The zero-order chi connectivity index (χ0) is 19.6. The van der Waals surface area contributed by atoms with Gasteiger partial charge in [-0.2, -0.15) is 4.98 Å². The first-order valence-corrected chi connectivity index (χ1v) is 9.63. The summed E-state index contributed by atoms with van der Waals surface area (Å²) in [7, 11) is -3.74. The van der Waals surface area contributed by atoms with Crippen LogP contribution in [0.4, 0.5) is 0 Å². The minimum atomic E-state index is -3.74. The molecule has 3 rings (SSSR count). The smallest absolute Gasteiger partial charge is 0.257 e. The highest BCUT2D eigenvalue weighted by Crippen LogP contribution is 2.19. The summed E-state index contributed by atoms with van der Waals surface area (Å²) in [6.07, 6.45) is 0. The van der Waals surface area contributed by atoms with Crippen molar-refractivity contribution in [2.24, 2.45) is 5.14 Å². The van der Waals surface area contributed by atoms with Gasteiger partial charge >= 0.3 is 0 Å². The number of benzene rings is 2. The Morgan fingerprint density at radius 3 is 2.26 bits per heavy atom. The molecular formula is C18H18N4O4S. The SMILES string of the molecule is Cc1noc(-c2ccc(C(=O)NC(C)c3ccc(S(N)(=O)=O)cc3)cc2)n1. The average molecular weight is 386 g/mol. The van der Waals surface area contributed by atoms with E-state index in [2.05, 4.69) is 15.5 Å². The third kappa shape index (κ3) is 4.39. The summed E-state index contributed by atoms with van der Waals surface area (Å²) in [5, 5.41) is 11.7. The lowest BCUT2D eigenvalue weighted by Crippen LogP contribution is -2.26. The van der Waals surface area contributed by atoms with E-state index in [9.17, 15) is 13.2 Å². The Morgan fingerprint density at radius 1 is 1.11 bits per heavy atom. The summed E-state index contributed by atoms with van der Waals surface area (Å²) in [5.41, 5.74) is 1.95. The topological polar surface area (TPSA) is 128 Å². The van der Waals surface area contributed by atoms with Crippen LogP contribution in [0.1, 0.15) is 34.7 Å². The van der Waals surface area contributed by atoms with E-state index in [-0.39, 0.29) is 16.8 Å². The van der Waals surface area contributed by atoms with Crippen molar-refractivity contribution in [1.82, 2.24) is 15.5 Å². The summed E-state index contributed by atoms with van der Waals surface area (Å²) in [5.74, 6) is 0.670. The van der Waals surface area contributed by atoms with E-state index in [1.165, 1.54) is 12.1 Å². The van der Waals surface area contributed by atoms with Crippen LogP contribution in [-0.4, -0.2) is 24.5 Å². The lowest BCUT2D eigenvalue weighted by Gasteiger charge is -2.15. The fraction of sp³-hybridized carbons (Fsp3) is 0.167. The van der Waals surface area contributed by atoms with Gasteiger partial charge in [-0.15, -0.1) is 0 Å². The van der Waals surface area contributed by atoms with Crippen LogP contribution in [0.5, 0.6) is 0 Å². The van der Waals surface area contributed by atoms with E-state index in [4.69, 9.17) is 9.66 Å². The van der Waals surface area contributed by atoms with Gasteiger partial charge in [0.25, 0.3) is 11.8 Å². The first-order valence-electron chi connectivity index (χ1n) is 8.08. The average Bonchev–Trinajstić information content (AvgIpc) is 3.07. The molecule has 3 N–H and O–H groups in total. The minimum Gasteiger partial charge on any atom is -0.346 e. The number of hydrogen-bond donors (Lipinski definition) is 2. The molecule has 0 saturated heterocycles. The second-order valence-electron chi connectivity index (χ2n) is 6.03. The van der Waals surface area contributed by atoms with Crippen LogP contribution in [0.3, 0.4) is 0 Å². The van der Waals surface area contributed by atoms with E-state index in [0.717, 1.165) is 11.1 Å². The number of nitrogens with one attached hydrogen (secondary N) is 1. The van der Waals surface area contributed by atoms with Gasteiger partial charge in [0.05, 0.1) is 10.9 Å². The van der Waals surface area contributed by atoms with Gasteiger partial charge in [0.15, 0.2) is 5.82 Å². The Bertz CT molecular complexity index is 1060. The molecule has 1 amide bonds. The van der Waals surface area contributed by atoms with E-state index in [1.54, 1.807) is 50.2 Å². The normalized spacial score (nSPS) is 12.6. The Balaban J connectivity index is 1.69. The fourth-order valence-corrected chi connectivity index (χ4v) is 3.00. The number of carbonyl (C=O) groups is 1. The molecule has 1 atom stereocenters. The number of nitrogens with two attached hydrogens (primary N) is 1. The summed E-state index contributed by atoms with van der Waals surface area (Å²) < 4.78 is 27.7. The molecule has 0 aliphatic heterocycles. The second-order valence-corrected chi connectivity index (χ2v) is 7.59. The summed E-state index contributed by atoms with van der Waals surface area (Å²) in [4.78, 5) is 16.6. The van der Waals surface area contributed by atoms with E-state index in [1.807, 2.05) is 0 Å². The Labute approximate surface area is 156 Å². The molecule has 0 spiro atoms. The monoisotopic (exact) mass is 386 g/mol. The first-order chi connectivity index (χ1) is 12.7. The quantitative estimate of drug-likeness (QED) is 0.692. The second kappa shape index (κ2) is 7.29. The van der Waals surface area contributed by atoms with Crippen molar-refractivity contribution in [3.63, 3.8) is 0 Å². The molecule has 27 heavy (non-hydrogen) atoms.